The van der Waals surface area contributed by atoms with Crippen LogP contribution in [-0.2, 0) is 0 Å². The Morgan fingerprint density at radius 2 is 2.24 bits per heavy atom. The molecule has 6 nitrogen and oxygen atoms in total. The molecule has 1 heterocycles. The summed E-state index contributed by atoms with van der Waals surface area (Å²) in [6, 6.07) is 4.65. The van der Waals surface area contributed by atoms with Crippen molar-refractivity contribution in [2.45, 2.75) is 13.8 Å². The van der Waals surface area contributed by atoms with Crippen molar-refractivity contribution in [1.29, 1.82) is 0 Å². The van der Waals surface area contributed by atoms with Gasteiger partial charge in [0.15, 0.2) is 0 Å². The van der Waals surface area contributed by atoms with Gasteiger partial charge in [0.05, 0.1) is 10.6 Å². The summed E-state index contributed by atoms with van der Waals surface area (Å²) in [6.45, 7) is 3.28. The van der Waals surface area contributed by atoms with Gasteiger partial charge in [-0.15, -0.1) is 0 Å². The summed E-state index contributed by atoms with van der Waals surface area (Å²) in [6.07, 6.45) is 0. The van der Waals surface area contributed by atoms with Crippen LogP contribution in [0.2, 0.25) is 0 Å². The summed E-state index contributed by atoms with van der Waals surface area (Å²) < 4.78 is 5.38. The number of aryl methyl sites for hydroxylation is 1. The lowest BCUT2D eigenvalue weighted by atomic mass is 10.1. The average molecular weight is 234 g/mol. The Bertz CT molecular complexity index is 628. The molecule has 0 spiro atoms. The van der Waals surface area contributed by atoms with Crippen LogP contribution >= 0.6 is 0 Å². The third kappa shape index (κ3) is 1.63. The molecule has 17 heavy (non-hydrogen) atoms. The number of fused-ring (bicyclic) bond motifs is 1. The van der Waals surface area contributed by atoms with Crippen LogP contribution in [0.25, 0.3) is 11.0 Å². The predicted molar refractivity (Wildman–Crippen MR) is 61.6 cm³/mol. The van der Waals surface area contributed by atoms with Gasteiger partial charge in [-0.1, -0.05) is 11.2 Å². The highest BCUT2D eigenvalue weighted by Gasteiger charge is 2.21. The monoisotopic (exact) mass is 234 g/mol. The molecule has 0 radical (unpaired) electrons. The summed E-state index contributed by atoms with van der Waals surface area (Å²) in [5.41, 5.74) is 1.06. The third-order valence-corrected chi connectivity index (χ3v) is 2.58. The van der Waals surface area contributed by atoms with E-state index >= 15 is 0 Å². The van der Waals surface area contributed by atoms with Gasteiger partial charge in [0.2, 0.25) is 5.58 Å². The van der Waals surface area contributed by atoms with Gasteiger partial charge in [-0.25, -0.2) is 0 Å². The van der Waals surface area contributed by atoms with E-state index in [1.165, 1.54) is 6.07 Å². The molecule has 0 saturated heterocycles. The van der Waals surface area contributed by atoms with Crippen LogP contribution in [0.1, 0.15) is 18.2 Å². The maximum absolute atomic E-state index is 10.8. The summed E-state index contributed by atoms with van der Waals surface area (Å²) in [5.74, 6) is 0.490. The second kappa shape index (κ2) is 3.89. The topological polar surface area (TPSA) is 88.9 Å². The number of rotatable bonds is 2. The first kappa shape index (κ1) is 11.1. The number of hydrogen-bond donors (Lipinski definition) is 1. The SMILES string of the molecule is CC(=NO)c1c(C)oc2c([N+](=O)[O-])cccc12. The fraction of sp³-hybridized carbons (Fsp3) is 0.182. The van der Waals surface area contributed by atoms with E-state index in [0.717, 1.165) is 0 Å². The van der Waals surface area contributed by atoms with E-state index in [9.17, 15) is 10.1 Å². The van der Waals surface area contributed by atoms with E-state index in [0.29, 0.717) is 22.4 Å². The lowest BCUT2D eigenvalue weighted by Crippen LogP contribution is -1.95. The smallest absolute Gasteiger partial charge is 0.312 e. The van der Waals surface area contributed by atoms with Crippen LogP contribution in [-0.4, -0.2) is 15.8 Å². The Morgan fingerprint density at radius 3 is 2.82 bits per heavy atom. The van der Waals surface area contributed by atoms with Crippen molar-refractivity contribution < 1.29 is 14.5 Å². The third-order valence-electron chi connectivity index (χ3n) is 2.58. The normalized spacial score (nSPS) is 12.0. The molecule has 0 amide bonds. The second-order valence-corrected chi connectivity index (χ2v) is 3.63. The lowest BCUT2D eigenvalue weighted by Gasteiger charge is -1.95. The van der Waals surface area contributed by atoms with Gasteiger partial charge < -0.3 is 9.62 Å². The Balaban J connectivity index is 2.85. The van der Waals surface area contributed by atoms with Crippen LogP contribution in [0.5, 0.6) is 0 Å². The van der Waals surface area contributed by atoms with Crippen molar-refractivity contribution >= 4 is 22.4 Å². The number of benzene rings is 1. The number of para-hydroxylation sites is 1. The fourth-order valence-corrected chi connectivity index (χ4v) is 1.87. The van der Waals surface area contributed by atoms with Crippen LogP contribution in [0.3, 0.4) is 0 Å². The molecule has 6 heteroatoms. The average Bonchev–Trinajstić information content (AvgIpc) is 2.63. The first-order valence-electron chi connectivity index (χ1n) is 4.91. The van der Waals surface area contributed by atoms with Crippen LogP contribution < -0.4 is 0 Å². The van der Waals surface area contributed by atoms with Crippen molar-refractivity contribution in [2.75, 3.05) is 0 Å². The number of non-ortho nitro benzene ring substituents is 1. The van der Waals surface area contributed by atoms with Gasteiger partial charge in [0.25, 0.3) is 0 Å². The van der Waals surface area contributed by atoms with E-state index in [-0.39, 0.29) is 11.3 Å². The van der Waals surface area contributed by atoms with Crippen molar-refractivity contribution in [3.8, 4) is 0 Å². The zero-order valence-electron chi connectivity index (χ0n) is 9.30. The summed E-state index contributed by atoms with van der Waals surface area (Å²) >= 11 is 0. The van der Waals surface area contributed by atoms with E-state index in [1.807, 2.05) is 0 Å². The second-order valence-electron chi connectivity index (χ2n) is 3.63. The maximum atomic E-state index is 10.8. The number of oxime groups is 1. The zero-order valence-corrected chi connectivity index (χ0v) is 9.30. The molecule has 2 rings (SSSR count). The standard InChI is InChI=1S/C11H10N2O4/c1-6(12-14)10-7(2)17-11-8(10)4-3-5-9(11)13(15)16/h3-5,14H,1-2H3. The molecule has 0 atom stereocenters. The number of furan rings is 1. The lowest BCUT2D eigenvalue weighted by molar-refractivity contribution is -0.383. The van der Waals surface area contributed by atoms with Crippen molar-refractivity contribution in [2.24, 2.45) is 5.16 Å². The van der Waals surface area contributed by atoms with Gasteiger partial charge in [0.1, 0.15) is 5.76 Å². The molecule has 0 aliphatic heterocycles. The quantitative estimate of drug-likeness (QED) is 0.374. The number of hydrogen-bond acceptors (Lipinski definition) is 5. The van der Waals surface area contributed by atoms with Crippen LogP contribution in [0, 0.1) is 17.0 Å². The van der Waals surface area contributed by atoms with Gasteiger partial charge >= 0.3 is 5.69 Å². The number of nitrogens with zero attached hydrogens (tertiary/aromatic N) is 2. The first-order chi connectivity index (χ1) is 8.06. The van der Waals surface area contributed by atoms with Gasteiger partial charge in [-0.3, -0.25) is 10.1 Å². The molecule has 0 bridgehead atoms. The van der Waals surface area contributed by atoms with E-state index in [1.54, 1.807) is 26.0 Å². The largest absolute Gasteiger partial charge is 0.453 e. The molecule has 2 aromatic rings. The first-order valence-corrected chi connectivity index (χ1v) is 4.91. The van der Waals surface area contributed by atoms with Crippen molar-refractivity contribution in [3.05, 3.63) is 39.6 Å². The summed E-state index contributed by atoms with van der Waals surface area (Å²) in [4.78, 5) is 10.3. The summed E-state index contributed by atoms with van der Waals surface area (Å²) in [5, 5.41) is 23.3. The molecule has 0 saturated carbocycles. The highest BCUT2D eigenvalue weighted by Crippen LogP contribution is 2.32. The molecule has 0 fully saturated rings. The van der Waals surface area contributed by atoms with Gasteiger partial charge in [-0.2, -0.15) is 0 Å². The maximum Gasteiger partial charge on any atom is 0.312 e. The number of nitro benzene ring substituents is 1. The van der Waals surface area contributed by atoms with E-state index in [2.05, 4.69) is 5.16 Å². The molecule has 0 unspecified atom stereocenters. The van der Waals surface area contributed by atoms with Crippen molar-refractivity contribution in [3.63, 3.8) is 0 Å². The summed E-state index contributed by atoms with van der Waals surface area (Å²) in [7, 11) is 0. The molecule has 1 N–H and O–H groups in total. The molecule has 1 aromatic heterocycles. The zero-order chi connectivity index (χ0) is 12.6. The highest BCUT2D eigenvalue weighted by atomic mass is 16.6. The predicted octanol–water partition coefficient (Wildman–Crippen LogP) is 2.85. The Kier molecular flexibility index (Phi) is 2.55. The highest BCUT2D eigenvalue weighted by molar-refractivity contribution is 6.11. The van der Waals surface area contributed by atoms with E-state index in [4.69, 9.17) is 9.62 Å². The Labute approximate surface area is 96.3 Å². The Hall–Kier alpha value is -2.37. The molecular weight excluding hydrogens is 224 g/mol. The van der Waals surface area contributed by atoms with Crippen LogP contribution in [0.15, 0.2) is 27.8 Å². The minimum atomic E-state index is -0.500. The molecular formula is C11H10N2O4. The minimum Gasteiger partial charge on any atom is -0.453 e. The molecule has 0 aliphatic rings. The molecule has 0 aliphatic carbocycles. The Morgan fingerprint density at radius 1 is 1.53 bits per heavy atom. The van der Waals surface area contributed by atoms with Gasteiger partial charge in [-0.05, 0) is 19.9 Å². The van der Waals surface area contributed by atoms with E-state index < -0.39 is 4.92 Å². The molecule has 88 valence electrons. The fourth-order valence-electron chi connectivity index (χ4n) is 1.87. The minimum absolute atomic E-state index is 0.0948. The van der Waals surface area contributed by atoms with Crippen molar-refractivity contribution in [1.82, 2.24) is 0 Å². The van der Waals surface area contributed by atoms with Gasteiger partial charge in [0, 0.05) is 17.0 Å². The molecule has 1 aromatic carbocycles. The number of nitro groups is 1. The van der Waals surface area contributed by atoms with Crippen LogP contribution in [0.4, 0.5) is 5.69 Å².